The van der Waals surface area contributed by atoms with Gasteiger partial charge >= 0.3 is 5.97 Å². The van der Waals surface area contributed by atoms with E-state index in [1.54, 1.807) is 6.92 Å². The molecule has 0 atom stereocenters. The van der Waals surface area contributed by atoms with Crippen LogP contribution in [0.3, 0.4) is 0 Å². The number of aromatic nitrogens is 1. The summed E-state index contributed by atoms with van der Waals surface area (Å²) in [4.78, 5) is 22.5. The van der Waals surface area contributed by atoms with Crippen molar-refractivity contribution in [1.29, 1.82) is 0 Å². The molecule has 0 bridgehead atoms. The second-order valence-corrected chi connectivity index (χ2v) is 6.08. The second kappa shape index (κ2) is 5.54. The molecule has 0 aromatic carbocycles. The van der Waals surface area contributed by atoms with E-state index >= 15 is 0 Å². The summed E-state index contributed by atoms with van der Waals surface area (Å²) in [6.07, 6.45) is 0.402. The van der Waals surface area contributed by atoms with Gasteiger partial charge < -0.3 is 9.30 Å². The highest BCUT2D eigenvalue weighted by molar-refractivity contribution is 7.89. The first kappa shape index (κ1) is 15.4. The number of aldehydes is 1. The third-order valence-electron chi connectivity index (χ3n) is 2.60. The lowest BCUT2D eigenvalue weighted by atomic mass is 10.4. The number of carbonyl (C=O) groups excluding carboxylic acids is 2. The smallest absolute Gasteiger partial charge is 0.354 e. The molecule has 7 nitrogen and oxygen atoms in total. The van der Waals surface area contributed by atoms with Crippen molar-refractivity contribution in [3.63, 3.8) is 0 Å². The molecule has 0 fully saturated rings. The van der Waals surface area contributed by atoms with Crippen molar-refractivity contribution in [3.8, 4) is 0 Å². The van der Waals surface area contributed by atoms with Crippen LogP contribution >= 0.6 is 0 Å². The maximum atomic E-state index is 12.1. The maximum absolute atomic E-state index is 12.1. The molecule has 0 spiro atoms. The second-order valence-electron chi connectivity index (χ2n) is 3.96. The minimum Gasteiger partial charge on any atom is -0.461 e. The van der Waals surface area contributed by atoms with E-state index in [0.717, 1.165) is 10.4 Å². The average Bonchev–Trinajstić information content (AvgIpc) is 2.66. The lowest BCUT2D eigenvalue weighted by Gasteiger charge is -2.10. The van der Waals surface area contributed by atoms with Crippen molar-refractivity contribution in [3.05, 3.63) is 17.5 Å². The minimum atomic E-state index is -3.80. The normalized spacial score (nSPS) is 11.6. The van der Waals surface area contributed by atoms with Crippen LogP contribution in [0.5, 0.6) is 0 Å². The number of nitrogens with zero attached hydrogens (tertiary/aromatic N) is 2. The standard InChI is InChI=1S/C11H16N2O5S/c1-5-18-11(15)8-6-10(9(7-14)13(8)4)19(16,17)12(2)3/h6-7H,5H2,1-4H3. The number of carbonyl (C=O) groups is 2. The van der Waals surface area contributed by atoms with Crippen LogP contribution in [0.1, 0.15) is 27.9 Å². The largest absolute Gasteiger partial charge is 0.461 e. The summed E-state index contributed by atoms with van der Waals surface area (Å²) in [6, 6.07) is 1.15. The first-order valence-corrected chi connectivity index (χ1v) is 6.95. The van der Waals surface area contributed by atoms with Crippen LogP contribution in [0.15, 0.2) is 11.0 Å². The Morgan fingerprint density at radius 3 is 2.47 bits per heavy atom. The topological polar surface area (TPSA) is 85.7 Å². The predicted octanol–water partition coefficient (Wildman–Crippen LogP) is 0.265. The summed E-state index contributed by atoms with van der Waals surface area (Å²) < 4.78 is 31.1. The van der Waals surface area contributed by atoms with Crippen LogP contribution in [-0.2, 0) is 21.8 Å². The Bertz CT molecular complexity index is 601. The van der Waals surface area contributed by atoms with E-state index in [0.29, 0.717) is 6.29 Å². The van der Waals surface area contributed by atoms with Gasteiger partial charge in [-0.05, 0) is 13.0 Å². The van der Waals surface area contributed by atoms with Crippen LogP contribution in [0.2, 0.25) is 0 Å². The predicted molar refractivity (Wildman–Crippen MR) is 67.6 cm³/mol. The highest BCUT2D eigenvalue weighted by atomic mass is 32.2. The molecule has 0 radical (unpaired) electrons. The van der Waals surface area contributed by atoms with E-state index in [2.05, 4.69) is 0 Å². The lowest BCUT2D eigenvalue weighted by molar-refractivity contribution is 0.0515. The molecule has 1 rings (SSSR count). The molecule has 1 aromatic rings. The Labute approximate surface area is 111 Å². The first-order chi connectivity index (χ1) is 8.77. The molecule has 0 aliphatic heterocycles. The molecular formula is C11H16N2O5S. The van der Waals surface area contributed by atoms with E-state index in [-0.39, 0.29) is 22.9 Å². The molecule has 8 heteroatoms. The summed E-state index contributed by atoms with van der Waals surface area (Å²) in [6.45, 7) is 1.80. The van der Waals surface area contributed by atoms with Gasteiger partial charge in [0.25, 0.3) is 0 Å². The Morgan fingerprint density at radius 1 is 1.47 bits per heavy atom. The molecule has 0 N–H and O–H groups in total. The highest BCUT2D eigenvalue weighted by Crippen LogP contribution is 2.22. The van der Waals surface area contributed by atoms with Gasteiger partial charge in [-0.1, -0.05) is 0 Å². The van der Waals surface area contributed by atoms with E-state index < -0.39 is 16.0 Å². The zero-order valence-corrected chi connectivity index (χ0v) is 12.0. The fraction of sp³-hybridized carbons (Fsp3) is 0.455. The van der Waals surface area contributed by atoms with Crippen molar-refractivity contribution in [2.24, 2.45) is 7.05 Å². The number of hydrogen-bond donors (Lipinski definition) is 0. The van der Waals surface area contributed by atoms with Gasteiger partial charge in [-0.2, -0.15) is 0 Å². The zero-order valence-electron chi connectivity index (χ0n) is 11.2. The third kappa shape index (κ3) is 2.69. The van der Waals surface area contributed by atoms with Gasteiger partial charge in [0.05, 0.1) is 6.61 Å². The molecule has 19 heavy (non-hydrogen) atoms. The van der Waals surface area contributed by atoms with Gasteiger partial charge in [-0.3, -0.25) is 4.79 Å². The van der Waals surface area contributed by atoms with Crippen molar-refractivity contribution in [1.82, 2.24) is 8.87 Å². The molecule has 0 aliphatic rings. The van der Waals surface area contributed by atoms with Crippen LogP contribution in [0, 0.1) is 0 Å². The first-order valence-electron chi connectivity index (χ1n) is 5.51. The summed E-state index contributed by atoms with van der Waals surface area (Å²) in [5, 5.41) is 0. The monoisotopic (exact) mass is 288 g/mol. The Hall–Kier alpha value is -1.67. The molecule has 1 heterocycles. The highest BCUT2D eigenvalue weighted by Gasteiger charge is 2.28. The van der Waals surface area contributed by atoms with E-state index in [4.69, 9.17) is 4.74 Å². The molecule has 106 valence electrons. The van der Waals surface area contributed by atoms with Gasteiger partial charge in [-0.25, -0.2) is 17.5 Å². The quantitative estimate of drug-likeness (QED) is 0.573. The van der Waals surface area contributed by atoms with Crippen molar-refractivity contribution < 1.29 is 22.7 Å². The molecule has 1 aromatic heterocycles. The number of hydrogen-bond acceptors (Lipinski definition) is 5. The maximum Gasteiger partial charge on any atom is 0.354 e. The third-order valence-corrected chi connectivity index (χ3v) is 4.44. The minimum absolute atomic E-state index is 0.0179. The molecular weight excluding hydrogens is 272 g/mol. The summed E-state index contributed by atoms with van der Waals surface area (Å²) >= 11 is 0. The molecule has 0 saturated heterocycles. The van der Waals surface area contributed by atoms with E-state index in [1.807, 2.05) is 0 Å². The van der Waals surface area contributed by atoms with Crippen molar-refractivity contribution >= 4 is 22.3 Å². The number of ether oxygens (including phenoxy) is 1. The van der Waals surface area contributed by atoms with E-state index in [9.17, 15) is 18.0 Å². The summed E-state index contributed by atoms with van der Waals surface area (Å²) in [5.41, 5.74) is -0.0684. The number of esters is 1. The number of sulfonamides is 1. The Balaban J connectivity index is 3.48. The van der Waals surface area contributed by atoms with Gasteiger partial charge in [-0.15, -0.1) is 0 Å². The van der Waals surface area contributed by atoms with Gasteiger partial charge in [0.15, 0.2) is 6.29 Å². The van der Waals surface area contributed by atoms with Crippen LogP contribution in [-0.4, -0.2) is 50.2 Å². The molecule has 0 saturated carbocycles. The molecule has 0 amide bonds. The molecule has 0 aliphatic carbocycles. The van der Waals surface area contributed by atoms with Gasteiger partial charge in [0.1, 0.15) is 16.3 Å². The molecule has 0 unspecified atom stereocenters. The van der Waals surface area contributed by atoms with Crippen LogP contribution in [0.25, 0.3) is 0 Å². The zero-order chi connectivity index (χ0) is 14.8. The van der Waals surface area contributed by atoms with Gasteiger partial charge in [0, 0.05) is 21.1 Å². The Morgan fingerprint density at radius 2 is 2.05 bits per heavy atom. The van der Waals surface area contributed by atoms with Crippen molar-refractivity contribution in [2.45, 2.75) is 11.8 Å². The van der Waals surface area contributed by atoms with Crippen molar-refractivity contribution in [2.75, 3.05) is 20.7 Å². The summed E-state index contributed by atoms with van der Waals surface area (Å²) in [7, 11) is 0.335. The Kier molecular flexibility index (Phi) is 4.48. The number of rotatable bonds is 5. The van der Waals surface area contributed by atoms with E-state index in [1.165, 1.54) is 25.7 Å². The average molecular weight is 288 g/mol. The lowest BCUT2D eigenvalue weighted by Crippen LogP contribution is -2.23. The SMILES string of the molecule is CCOC(=O)c1cc(S(=O)(=O)N(C)C)c(C=O)n1C. The summed E-state index contributed by atoms with van der Waals surface area (Å²) in [5.74, 6) is -0.673. The van der Waals surface area contributed by atoms with Crippen LogP contribution in [0.4, 0.5) is 0 Å². The van der Waals surface area contributed by atoms with Gasteiger partial charge in [0.2, 0.25) is 10.0 Å². The fourth-order valence-corrected chi connectivity index (χ4v) is 2.63. The fourth-order valence-electron chi connectivity index (χ4n) is 1.53. The van der Waals surface area contributed by atoms with Crippen LogP contribution < -0.4 is 0 Å².